The predicted molar refractivity (Wildman–Crippen MR) is 136 cm³/mol. The van der Waals surface area contributed by atoms with E-state index in [0.717, 1.165) is 39.8 Å². The van der Waals surface area contributed by atoms with Crippen LogP contribution in [0.5, 0.6) is 23.0 Å². The third-order valence-electron chi connectivity index (χ3n) is 5.09. The molecule has 0 aliphatic carbocycles. The topological polar surface area (TPSA) is 52.2 Å². The van der Waals surface area contributed by atoms with Crippen molar-refractivity contribution in [2.24, 2.45) is 0 Å². The lowest BCUT2D eigenvalue weighted by Gasteiger charge is -2.27. The van der Waals surface area contributed by atoms with E-state index in [2.05, 4.69) is 10.2 Å². The third-order valence-corrected chi connectivity index (χ3v) is 5.45. The monoisotopic (exact) mass is 466 g/mol. The van der Waals surface area contributed by atoms with Crippen LogP contribution in [0.15, 0.2) is 66.7 Å². The number of hydrogen-bond acceptors (Lipinski definition) is 5. The van der Waals surface area contributed by atoms with Gasteiger partial charge in [0, 0.05) is 30.4 Å². The predicted octanol–water partition coefficient (Wildman–Crippen LogP) is 5.51. The molecule has 0 bridgehead atoms. The zero-order valence-electron chi connectivity index (χ0n) is 19.5. The Kier molecular flexibility index (Phi) is 8.78. The number of benzene rings is 3. The van der Waals surface area contributed by atoms with Crippen molar-refractivity contribution in [3.63, 3.8) is 0 Å². The lowest BCUT2D eigenvalue weighted by molar-refractivity contribution is 0.340. The summed E-state index contributed by atoms with van der Waals surface area (Å²) >= 11 is 5.81. The van der Waals surface area contributed by atoms with Gasteiger partial charge in [0.1, 0.15) is 23.0 Å². The van der Waals surface area contributed by atoms with Crippen molar-refractivity contribution in [1.29, 1.82) is 0 Å². The summed E-state index contributed by atoms with van der Waals surface area (Å²) < 4.78 is 21.8. The second-order valence-electron chi connectivity index (χ2n) is 7.27. The summed E-state index contributed by atoms with van der Waals surface area (Å²) in [6.45, 7) is 3.76. The van der Waals surface area contributed by atoms with Gasteiger partial charge in [-0.05, 0) is 73.2 Å². The second-order valence-corrected chi connectivity index (χ2v) is 7.66. The summed E-state index contributed by atoms with van der Waals surface area (Å²) in [5, 5.41) is 3.95. The van der Waals surface area contributed by atoms with Crippen molar-refractivity contribution in [3.8, 4) is 23.0 Å². The molecule has 0 radical (unpaired) electrons. The first-order valence-electron chi connectivity index (χ1n) is 10.7. The molecule has 174 valence electrons. The molecule has 0 amide bonds. The molecule has 0 unspecified atom stereocenters. The molecule has 0 aliphatic rings. The number of rotatable bonds is 10. The molecule has 6 nitrogen and oxygen atoms in total. The Hall–Kier alpha value is -3.45. The molecular weight excluding hydrogens is 436 g/mol. The van der Waals surface area contributed by atoms with Gasteiger partial charge in [0.05, 0.1) is 27.9 Å². The van der Waals surface area contributed by atoms with Gasteiger partial charge in [0.25, 0.3) is 0 Å². The fourth-order valence-electron chi connectivity index (χ4n) is 3.34. The number of anilines is 1. The zero-order chi connectivity index (χ0) is 23.6. The second kappa shape index (κ2) is 12.0. The van der Waals surface area contributed by atoms with Gasteiger partial charge < -0.3 is 29.2 Å². The molecule has 0 saturated carbocycles. The average molecular weight is 467 g/mol. The summed E-state index contributed by atoms with van der Waals surface area (Å²) in [5.41, 5.74) is 3.01. The first-order valence-corrected chi connectivity index (χ1v) is 11.1. The molecule has 3 aromatic rings. The van der Waals surface area contributed by atoms with Crippen LogP contribution < -0.4 is 24.3 Å². The molecule has 3 aromatic carbocycles. The summed E-state index contributed by atoms with van der Waals surface area (Å²) in [6, 6.07) is 21.5. The van der Waals surface area contributed by atoms with E-state index in [1.54, 1.807) is 21.3 Å². The highest BCUT2D eigenvalue weighted by molar-refractivity contribution is 7.80. The number of hydrogen-bond donors (Lipinski definition) is 1. The summed E-state index contributed by atoms with van der Waals surface area (Å²) in [6.07, 6.45) is 0. The van der Waals surface area contributed by atoms with Gasteiger partial charge >= 0.3 is 0 Å². The number of methoxy groups -OCH3 is 3. The van der Waals surface area contributed by atoms with Crippen LogP contribution in [-0.4, -0.2) is 37.9 Å². The number of nitrogens with zero attached hydrogens (tertiary/aromatic N) is 1. The molecule has 0 saturated heterocycles. The van der Waals surface area contributed by atoms with Gasteiger partial charge in [-0.1, -0.05) is 12.1 Å². The Morgan fingerprint density at radius 2 is 1.42 bits per heavy atom. The van der Waals surface area contributed by atoms with Crippen LogP contribution in [0.1, 0.15) is 18.1 Å². The fourth-order valence-corrected chi connectivity index (χ4v) is 3.59. The van der Waals surface area contributed by atoms with E-state index in [-0.39, 0.29) is 0 Å². The van der Waals surface area contributed by atoms with Crippen LogP contribution in [0.4, 0.5) is 5.69 Å². The molecule has 1 N–H and O–H groups in total. The molecule has 3 rings (SSSR count). The summed E-state index contributed by atoms with van der Waals surface area (Å²) in [7, 11) is 4.95. The van der Waals surface area contributed by atoms with Crippen molar-refractivity contribution in [2.45, 2.75) is 20.0 Å². The van der Waals surface area contributed by atoms with Gasteiger partial charge in [-0.3, -0.25) is 0 Å². The maximum atomic E-state index is 5.81. The number of thiocarbonyl (C=S) groups is 1. The maximum Gasteiger partial charge on any atom is 0.174 e. The lowest BCUT2D eigenvalue weighted by atomic mass is 10.1. The highest BCUT2D eigenvalue weighted by Crippen LogP contribution is 2.27. The van der Waals surface area contributed by atoms with Gasteiger partial charge in [0.15, 0.2) is 5.11 Å². The Bertz CT molecular complexity index is 1040. The van der Waals surface area contributed by atoms with E-state index in [4.69, 9.17) is 31.2 Å². The quantitative estimate of drug-likeness (QED) is 0.395. The van der Waals surface area contributed by atoms with E-state index < -0.39 is 0 Å². The van der Waals surface area contributed by atoms with Crippen molar-refractivity contribution in [1.82, 2.24) is 4.90 Å². The third kappa shape index (κ3) is 6.76. The van der Waals surface area contributed by atoms with Gasteiger partial charge in [-0.25, -0.2) is 0 Å². The molecule has 7 heteroatoms. The minimum atomic E-state index is 0.558. The maximum absolute atomic E-state index is 5.81. The minimum Gasteiger partial charge on any atom is -0.497 e. The van der Waals surface area contributed by atoms with Crippen molar-refractivity contribution in [3.05, 3.63) is 77.9 Å². The molecule has 0 heterocycles. The summed E-state index contributed by atoms with van der Waals surface area (Å²) in [4.78, 5) is 2.10. The highest BCUT2D eigenvalue weighted by Gasteiger charge is 2.15. The van der Waals surface area contributed by atoms with Crippen LogP contribution in [-0.2, 0) is 13.1 Å². The van der Waals surface area contributed by atoms with E-state index in [1.807, 2.05) is 73.7 Å². The minimum absolute atomic E-state index is 0.558. The molecule has 0 aliphatic heterocycles. The SMILES string of the molecule is CCOc1ccc(NC(=S)N(Cc2ccc(OC)cc2)Cc2ccc(OC)cc2OC)cc1. The Balaban J connectivity index is 1.83. The summed E-state index contributed by atoms with van der Waals surface area (Å²) in [5.74, 6) is 3.13. The van der Waals surface area contributed by atoms with E-state index in [9.17, 15) is 0 Å². The number of ether oxygens (including phenoxy) is 4. The molecule has 0 spiro atoms. The molecule has 33 heavy (non-hydrogen) atoms. The molecular formula is C26H30N2O4S. The van der Waals surface area contributed by atoms with Gasteiger partial charge in [-0.2, -0.15) is 0 Å². The van der Waals surface area contributed by atoms with Crippen LogP contribution in [0.25, 0.3) is 0 Å². The zero-order valence-corrected chi connectivity index (χ0v) is 20.3. The lowest BCUT2D eigenvalue weighted by Crippen LogP contribution is -2.34. The standard InChI is InChI=1S/C26H30N2O4S/c1-5-32-23-14-9-21(10-15-23)27-26(33)28(17-19-6-11-22(29-2)12-7-19)18-20-8-13-24(30-3)16-25(20)31-4/h6-16H,5,17-18H2,1-4H3,(H,27,33). The Morgan fingerprint density at radius 3 is 2.03 bits per heavy atom. The first kappa shape index (κ1) is 24.2. The first-order chi connectivity index (χ1) is 16.1. The van der Waals surface area contributed by atoms with Crippen LogP contribution in [0.3, 0.4) is 0 Å². The smallest absolute Gasteiger partial charge is 0.174 e. The van der Waals surface area contributed by atoms with E-state index in [1.165, 1.54) is 0 Å². The van der Waals surface area contributed by atoms with Crippen LogP contribution in [0.2, 0.25) is 0 Å². The number of nitrogens with one attached hydrogen (secondary N) is 1. The Morgan fingerprint density at radius 1 is 0.788 bits per heavy atom. The van der Waals surface area contributed by atoms with Crippen molar-refractivity contribution in [2.75, 3.05) is 33.3 Å². The fraction of sp³-hybridized carbons (Fsp3) is 0.269. The van der Waals surface area contributed by atoms with Crippen LogP contribution >= 0.6 is 12.2 Å². The average Bonchev–Trinajstić information content (AvgIpc) is 2.85. The molecule has 0 atom stereocenters. The normalized spacial score (nSPS) is 10.3. The largest absolute Gasteiger partial charge is 0.497 e. The van der Waals surface area contributed by atoms with Crippen LogP contribution in [0, 0.1) is 0 Å². The Labute approximate surface area is 201 Å². The van der Waals surface area contributed by atoms with E-state index in [0.29, 0.717) is 24.8 Å². The van der Waals surface area contributed by atoms with Gasteiger partial charge in [-0.15, -0.1) is 0 Å². The van der Waals surface area contributed by atoms with E-state index >= 15 is 0 Å². The van der Waals surface area contributed by atoms with Crippen molar-refractivity contribution < 1.29 is 18.9 Å². The molecule has 0 fully saturated rings. The highest BCUT2D eigenvalue weighted by atomic mass is 32.1. The van der Waals surface area contributed by atoms with Crippen molar-refractivity contribution >= 4 is 23.0 Å². The van der Waals surface area contributed by atoms with Gasteiger partial charge in [0.2, 0.25) is 0 Å². The molecule has 0 aromatic heterocycles.